The van der Waals surface area contributed by atoms with E-state index in [-0.39, 0.29) is 23.1 Å². The maximum Gasteiger partial charge on any atom is 0.103 e. The summed E-state index contributed by atoms with van der Waals surface area (Å²) in [4.78, 5) is 4.96. The topological polar surface area (TPSA) is 30.5 Å². The van der Waals surface area contributed by atoms with Crippen molar-refractivity contribution in [3.63, 3.8) is 0 Å². The zero-order valence-corrected chi connectivity index (χ0v) is 16.8. The monoisotopic (exact) mass is 404 g/mol. The summed E-state index contributed by atoms with van der Waals surface area (Å²) in [5.74, 6) is 0. The first-order valence-corrected chi connectivity index (χ1v) is 10.4. The molecule has 6 heteroatoms. The normalized spacial score (nSPS) is 30.3. The minimum absolute atomic E-state index is 0.106. The number of halogens is 2. The van der Waals surface area contributed by atoms with Gasteiger partial charge >= 0.3 is 0 Å². The third-order valence-corrected chi connectivity index (χ3v) is 6.25. The highest BCUT2D eigenvalue weighted by Gasteiger charge is 2.36. The molecule has 4 nitrogen and oxygen atoms in total. The summed E-state index contributed by atoms with van der Waals surface area (Å²) in [7, 11) is 0. The predicted octanol–water partition coefficient (Wildman–Crippen LogP) is 3.37. The lowest BCUT2D eigenvalue weighted by Gasteiger charge is -2.46. The van der Waals surface area contributed by atoms with Gasteiger partial charge in [-0.25, -0.2) is 0 Å². The molecule has 2 fully saturated rings. The molecule has 2 saturated heterocycles. The first-order chi connectivity index (χ1) is 13.2. The van der Waals surface area contributed by atoms with Crippen molar-refractivity contribution >= 4 is 23.2 Å². The van der Waals surface area contributed by atoms with Crippen molar-refractivity contribution in [2.24, 2.45) is 0 Å². The molecule has 2 aromatic rings. The first kappa shape index (κ1) is 19.2. The molecule has 0 aliphatic carbocycles. The highest BCUT2D eigenvalue weighted by atomic mass is 35.5. The van der Waals surface area contributed by atoms with Crippen LogP contribution in [-0.4, -0.2) is 53.6 Å². The van der Waals surface area contributed by atoms with Gasteiger partial charge in [0.25, 0.3) is 0 Å². The molecule has 2 aromatic carbocycles. The van der Waals surface area contributed by atoms with Crippen LogP contribution >= 0.6 is 23.2 Å². The van der Waals surface area contributed by atoms with Crippen molar-refractivity contribution in [2.75, 3.05) is 32.8 Å². The van der Waals surface area contributed by atoms with E-state index in [1.54, 1.807) is 0 Å². The standard InChI is InChI=1S/C21H26Cl2N4/c22-20-18(16-7-3-1-4-8-16)26(13-11-24-20)15-27-14-12-25-21(23)19(27)17-9-5-2-6-10-17/h1-10,18-21,24-25H,11-15H2. The number of alkyl halides is 2. The average Bonchev–Trinajstić information content (AvgIpc) is 2.70. The van der Waals surface area contributed by atoms with Gasteiger partial charge in [0.15, 0.2) is 0 Å². The molecule has 0 spiro atoms. The van der Waals surface area contributed by atoms with Crippen LogP contribution in [0.4, 0.5) is 0 Å². The molecule has 0 amide bonds. The van der Waals surface area contributed by atoms with Crippen LogP contribution in [0.1, 0.15) is 23.2 Å². The van der Waals surface area contributed by atoms with Gasteiger partial charge in [0, 0.05) is 26.2 Å². The summed E-state index contributed by atoms with van der Waals surface area (Å²) in [6.07, 6.45) is 0. The van der Waals surface area contributed by atoms with Crippen LogP contribution in [0.25, 0.3) is 0 Å². The van der Waals surface area contributed by atoms with Gasteiger partial charge < -0.3 is 0 Å². The molecule has 4 unspecified atom stereocenters. The van der Waals surface area contributed by atoms with Crippen LogP contribution in [0.2, 0.25) is 0 Å². The van der Waals surface area contributed by atoms with E-state index in [0.29, 0.717) is 0 Å². The van der Waals surface area contributed by atoms with E-state index in [4.69, 9.17) is 23.2 Å². The van der Waals surface area contributed by atoms with Gasteiger partial charge in [0.2, 0.25) is 0 Å². The van der Waals surface area contributed by atoms with Crippen molar-refractivity contribution in [2.45, 2.75) is 23.1 Å². The number of benzene rings is 2. The predicted molar refractivity (Wildman–Crippen MR) is 112 cm³/mol. The Morgan fingerprint density at radius 2 is 1.11 bits per heavy atom. The third kappa shape index (κ3) is 4.32. The largest absolute Gasteiger partial charge is 0.298 e. The summed E-state index contributed by atoms with van der Waals surface area (Å²) in [6.45, 7) is 4.55. The Bertz CT molecular complexity index is 653. The van der Waals surface area contributed by atoms with Crippen LogP contribution in [0.3, 0.4) is 0 Å². The quantitative estimate of drug-likeness (QED) is 0.603. The molecule has 4 atom stereocenters. The molecule has 4 rings (SSSR count). The average molecular weight is 405 g/mol. The van der Waals surface area contributed by atoms with E-state index >= 15 is 0 Å². The van der Waals surface area contributed by atoms with Gasteiger partial charge in [-0.2, -0.15) is 0 Å². The van der Waals surface area contributed by atoms with E-state index in [0.717, 1.165) is 32.8 Å². The number of rotatable bonds is 4. The maximum absolute atomic E-state index is 6.70. The van der Waals surface area contributed by atoms with Crippen LogP contribution < -0.4 is 10.6 Å². The van der Waals surface area contributed by atoms with E-state index in [9.17, 15) is 0 Å². The molecule has 0 bridgehead atoms. The van der Waals surface area contributed by atoms with Crippen molar-refractivity contribution in [1.82, 2.24) is 20.4 Å². The lowest BCUT2D eigenvalue weighted by atomic mass is 10.0. The zero-order valence-electron chi connectivity index (χ0n) is 15.3. The van der Waals surface area contributed by atoms with Crippen molar-refractivity contribution in [1.29, 1.82) is 0 Å². The van der Waals surface area contributed by atoms with Gasteiger partial charge in [0.05, 0.1) is 18.8 Å². The Balaban J connectivity index is 1.58. The first-order valence-electron chi connectivity index (χ1n) is 9.57. The number of nitrogens with zero attached hydrogens (tertiary/aromatic N) is 2. The van der Waals surface area contributed by atoms with Gasteiger partial charge in [-0.05, 0) is 11.1 Å². The number of hydrogen-bond acceptors (Lipinski definition) is 4. The molecule has 0 radical (unpaired) electrons. The summed E-state index contributed by atoms with van der Waals surface area (Å²) < 4.78 is 0. The molecule has 0 aromatic heterocycles. The zero-order chi connectivity index (χ0) is 18.6. The second kappa shape index (κ2) is 8.91. The lowest BCUT2D eigenvalue weighted by molar-refractivity contribution is 0.0273. The number of hydrogen-bond donors (Lipinski definition) is 2. The third-order valence-electron chi connectivity index (χ3n) is 5.46. The van der Waals surface area contributed by atoms with Crippen LogP contribution in [-0.2, 0) is 0 Å². The molecule has 144 valence electrons. The molecule has 0 saturated carbocycles. The second-order valence-electron chi connectivity index (χ2n) is 7.19. The van der Waals surface area contributed by atoms with E-state index in [2.05, 4.69) is 69.0 Å². The minimum atomic E-state index is -0.106. The van der Waals surface area contributed by atoms with Crippen molar-refractivity contribution in [3.05, 3.63) is 71.8 Å². The van der Waals surface area contributed by atoms with Gasteiger partial charge in [-0.1, -0.05) is 60.7 Å². The molecule has 2 aliphatic rings. The molecular weight excluding hydrogens is 379 g/mol. The molecular formula is C21H26Cl2N4. The lowest BCUT2D eigenvalue weighted by Crippen LogP contribution is -2.57. The van der Waals surface area contributed by atoms with Crippen molar-refractivity contribution < 1.29 is 0 Å². The van der Waals surface area contributed by atoms with Gasteiger partial charge in [0.1, 0.15) is 11.0 Å². The number of piperazine rings is 2. The Labute approximate surface area is 171 Å². The van der Waals surface area contributed by atoms with Crippen LogP contribution in [0, 0.1) is 0 Å². The van der Waals surface area contributed by atoms with E-state index in [1.165, 1.54) is 11.1 Å². The molecule has 27 heavy (non-hydrogen) atoms. The molecule has 2 N–H and O–H groups in total. The second-order valence-corrected chi connectivity index (χ2v) is 8.13. The minimum Gasteiger partial charge on any atom is -0.298 e. The Kier molecular flexibility index (Phi) is 6.33. The summed E-state index contributed by atoms with van der Waals surface area (Å²) >= 11 is 13.4. The van der Waals surface area contributed by atoms with E-state index < -0.39 is 0 Å². The number of nitrogens with one attached hydrogen (secondary N) is 2. The fourth-order valence-electron chi connectivity index (χ4n) is 4.17. The van der Waals surface area contributed by atoms with Crippen LogP contribution in [0.5, 0.6) is 0 Å². The van der Waals surface area contributed by atoms with Gasteiger partial charge in [-0.3, -0.25) is 20.4 Å². The Morgan fingerprint density at radius 1 is 0.704 bits per heavy atom. The maximum atomic E-state index is 6.70. The van der Waals surface area contributed by atoms with Gasteiger partial charge in [-0.15, -0.1) is 23.2 Å². The summed E-state index contributed by atoms with van der Waals surface area (Å²) in [5.41, 5.74) is 2.29. The Morgan fingerprint density at radius 3 is 1.52 bits per heavy atom. The molecule has 2 heterocycles. The summed E-state index contributed by atoms with van der Waals surface area (Å²) in [6, 6.07) is 21.4. The SMILES string of the molecule is ClC1NCCN(CN2CCNC(Cl)C2c2ccccc2)C1c1ccccc1. The fourth-order valence-corrected chi connectivity index (χ4v) is 5.00. The smallest absolute Gasteiger partial charge is 0.103 e. The van der Waals surface area contributed by atoms with Crippen LogP contribution in [0.15, 0.2) is 60.7 Å². The van der Waals surface area contributed by atoms with Crippen molar-refractivity contribution in [3.8, 4) is 0 Å². The summed E-state index contributed by atoms with van der Waals surface area (Å²) in [5, 5.41) is 6.83. The highest BCUT2D eigenvalue weighted by molar-refractivity contribution is 6.21. The highest BCUT2D eigenvalue weighted by Crippen LogP contribution is 2.33. The Hall–Kier alpha value is -1.14. The molecule has 2 aliphatic heterocycles. The van der Waals surface area contributed by atoms with E-state index in [1.807, 2.05) is 12.1 Å². The fraction of sp³-hybridized carbons (Fsp3) is 0.429.